The van der Waals surface area contributed by atoms with Crippen LogP contribution in [0.15, 0.2) is 35.5 Å². The fourth-order valence-corrected chi connectivity index (χ4v) is 3.71. The first-order valence-electron chi connectivity index (χ1n) is 6.13. The maximum Gasteiger partial charge on any atom is 0.243 e. The molecule has 20 heavy (non-hydrogen) atoms. The van der Waals surface area contributed by atoms with Crippen LogP contribution in [-0.4, -0.2) is 34.0 Å². The molecule has 1 aliphatic heterocycles. The quantitative estimate of drug-likeness (QED) is 0.799. The molecular weight excluding hydrogens is 300 g/mol. The van der Waals surface area contributed by atoms with Crippen LogP contribution in [0.5, 0.6) is 0 Å². The van der Waals surface area contributed by atoms with Gasteiger partial charge in [0.05, 0.1) is 11.4 Å². The Kier molecular flexibility index (Phi) is 3.49. The number of benzene rings is 1. The third-order valence-electron chi connectivity index (χ3n) is 3.32. The van der Waals surface area contributed by atoms with Crippen LogP contribution in [-0.2, 0) is 29.0 Å². The van der Waals surface area contributed by atoms with Crippen molar-refractivity contribution >= 4 is 21.6 Å². The van der Waals surface area contributed by atoms with Crippen LogP contribution >= 0.6 is 11.6 Å². The molecule has 106 valence electrons. The molecule has 6 nitrogen and oxygen atoms in total. The third-order valence-corrected chi connectivity index (χ3v) is 5.49. The monoisotopic (exact) mass is 312 g/mol. The highest BCUT2D eigenvalue weighted by Crippen LogP contribution is 2.21. The zero-order chi connectivity index (χ0) is 14.2. The Bertz CT molecular complexity index is 711. The standard InChI is InChI=1S/C12H13ClN4O2S/c13-7-10-1-3-11(4-2-10)20(18,19)17-6-5-16-9-14-15-12(16)8-17/h1-4,9H,5-8H2. The molecule has 0 bridgehead atoms. The predicted molar refractivity (Wildman–Crippen MR) is 73.6 cm³/mol. The van der Waals surface area contributed by atoms with E-state index in [-0.39, 0.29) is 11.4 Å². The summed E-state index contributed by atoms with van der Waals surface area (Å²) in [6.07, 6.45) is 1.62. The van der Waals surface area contributed by atoms with Crippen LogP contribution in [0.25, 0.3) is 0 Å². The molecule has 0 N–H and O–H groups in total. The fourth-order valence-electron chi connectivity index (χ4n) is 2.15. The number of rotatable bonds is 3. The van der Waals surface area contributed by atoms with Gasteiger partial charge in [-0.15, -0.1) is 21.8 Å². The number of alkyl halides is 1. The highest BCUT2D eigenvalue weighted by atomic mass is 35.5. The van der Waals surface area contributed by atoms with Crippen LogP contribution in [0.3, 0.4) is 0 Å². The van der Waals surface area contributed by atoms with Crippen molar-refractivity contribution in [2.45, 2.75) is 23.9 Å². The second-order valence-corrected chi connectivity index (χ2v) is 6.76. The van der Waals surface area contributed by atoms with Gasteiger partial charge in [-0.05, 0) is 17.7 Å². The van der Waals surface area contributed by atoms with Crippen molar-refractivity contribution in [3.05, 3.63) is 42.0 Å². The summed E-state index contributed by atoms with van der Waals surface area (Å²) in [5, 5.41) is 7.72. The van der Waals surface area contributed by atoms with E-state index in [9.17, 15) is 8.42 Å². The molecule has 0 amide bonds. The van der Waals surface area contributed by atoms with E-state index < -0.39 is 10.0 Å². The molecule has 2 heterocycles. The average molecular weight is 313 g/mol. The Hall–Kier alpha value is -1.44. The predicted octanol–water partition coefficient (Wildman–Crippen LogP) is 1.22. The summed E-state index contributed by atoms with van der Waals surface area (Å²) in [6, 6.07) is 6.64. The molecular formula is C12H13ClN4O2S. The molecule has 2 aromatic rings. The smallest absolute Gasteiger partial charge is 0.243 e. The first kappa shape index (κ1) is 13.5. The van der Waals surface area contributed by atoms with Crippen LogP contribution in [0, 0.1) is 0 Å². The number of aromatic nitrogens is 3. The molecule has 0 atom stereocenters. The summed E-state index contributed by atoms with van der Waals surface area (Å²) >= 11 is 5.71. The number of halogens is 1. The first-order valence-corrected chi connectivity index (χ1v) is 8.10. The summed E-state index contributed by atoms with van der Waals surface area (Å²) in [6.45, 7) is 1.24. The fraction of sp³-hybridized carbons (Fsp3) is 0.333. The van der Waals surface area contributed by atoms with Crippen molar-refractivity contribution in [1.29, 1.82) is 0 Å². The van der Waals surface area contributed by atoms with Crippen LogP contribution in [0.2, 0.25) is 0 Å². The lowest BCUT2D eigenvalue weighted by Gasteiger charge is -2.26. The Balaban J connectivity index is 1.88. The van der Waals surface area contributed by atoms with E-state index in [4.69, 9.17) is 11.6 Å². The summed E-state index contributed by atoms with van der Waals surface area (Å²) in [5.41, 5.74) is 0.893. The average Bonchev–Trinajstić information content (AvgIpc) is 2.94. The molecule has 0 fully saturated rings. The van der Waals surface area contributed by atoms with E-state index in [1.165, 1.54) is 4.31 Å². The largest absolute Gasteiger partial charge is 0.315 e. The second kappa shape index (κ2) is 5.16. The molecule has 3 rings (SSSR count). The van der Waals surface area contributed by atoms with Gasteiger partial charge in [0, 0.05) is 19.0 Å². The number of fused-ring (bicyclic) bond motifs is 1. The summed E-state index contributed by atoms with van der Waals surface area (Å²) in [5.74, 6) is 1.03. The van der Waals surface area contributed by atoms with Crippen LogP contribution < -0.4 is 0 Å². The van der Waals surface area contributed by atoms with Crippen molar-refractivity contribution < 1.29 is 8.42 Å². The molecule has 8 heteroatoms. The van der Waals surface area contributed by atoms with Gasteiger partial charge in [0.2, 0.25) is 10.0 Å². The molecule has 0 radical (unpaired) electrons. The van der Waals surface area contributed by atoms with E-state index in [1.54, 1.807) is 30.6 Å². The first-order chi connectivity index (χ1) is 9.61. The van der Waals surface area contributed by atoms with Gasteiger partial charge in [0.25, 0.3) is 0 Å². The van der Waals surface area contributed by atoms with Crippen LogP contribution in [0.4, 0.5) is 0 Å². The Morgan fingerprint density at radius 3 is 2.65 bits per heavy atom. The van der Waals surface area contributed by atoms with Gasteiger partial charge in [-0.1, -0.05) is 12.1 Å². The van der Waals surface area contributed by atoms with Gasteiger partial charge in [-0.2, -0.15) is 4.31 Å². The highest BCUT2D eigenvalue weighted by Gasteiger charge is 2.29. The minimum absolute atomic E-state index is 0.250. The summed E-state index contributed by atoms with van der Waals surface area (Å²) in [7, 11) is -3.50. The molecule has 1 aliphatic rings. The van der Waals surface area contributed by atoms with E-state index >= 15 is 0 Å². The van der Waals surface area contributed by atoms with Gasteiger partial charge in [0.15, 0.2) is 0 Å². The van der Waals surface area contributed by atoms with Gasteiger partial charge in [-0.3, -0.25) is 0 Å². The lowest BCUT2D eigenvalue weighted by atomic mass is 10.2. The van der Waals surface area contributed by atoms with E-state index in [0.717, 1.165) is 5.56 Å². The van der Waals surface area contributed by atoms with Crippen molar-refractivity contribution in [3.8, 4) is 0 Å². The summed E-state index contributed by atoms with van der Waals surface area (Å²) in [4.78, 5) is 0.277. The number of hydrogen-bond acceptors (Lipinski definition) is 4. The molecule has 1 aromatic heterocycles. The molecule has 0 spiro atoms. The lowest BCUT2D eigenvalue weighted by molar-refractivity contribution is 0.335. The third kappa shape index (κ3) is 2.32. The summed E-state index contributed by atoms with van der Waals surface area (Å²) < 4.78 is 28.4. The van der Waals surface area contributed by atoms with Crippen molar-refractivity contribution in [2.24, 2.45) is 0 Å². The zero-order valence-electron chi connectivity index (χ0n) is 10.6. The van der Waals surface area contributed by atoms with Crippen molar-refractivity contribution in [3.63, 3.8) is 0 Å². The molecule has 0 unspecified atom stereocenters. The van der Waals surface area contributed by atoms with Gasteiger partial charge >= 0.3 is 0 Å². The maximum absolute atomic E-state index is 12.6. The van der Waals surface area contributed by atoms with Gasteiger partial charge in [0.1, 0.15) is 12.2 Å². The Morgan fingerprint density at radius 1 is 1.20 bits per heavy atom. The number of nitrogens with zero attached hydrogens (tertiary/aromatic N) is 4. The Labute approximate surface area is 122 Å². The number of hydrogen-bond donors (Lipinski definition) is 0. The molecule has 0 saturated carbocycles. The van der Waals surface area contributed by atoms with Crippen molar-refractivity contribution in [2.75, 3.05) is 6.54 Å². The van der Waals surface area contributed by atoms with E-state index in [0.29, 0.717) is 24.8 Å². The van der Waals surface area contributed by atoms with Crippen molar-refractivity contribution in [1.82, 2.24) is 19.1 Å². The zero-order valence-corrected chi connectivity index (χ0v) is 12.2. The van der Waals surface area contributed by atoms with Gasteiger partial charge in [-0.25, -0.2) is 8.42 Å². The maximum atomic E-state index is 12.6. The normalized spacial score (nSPS) is 16.1. The van der Waals surface area contributed by atoms with E-state index in [1.807, 2.05) is 4.57 Å². The Morgan fingerprint density at radius 2 is 1.95 bits per heavy atom. The molecule has 0 saturated heterocycles. The number of sulfonamides is 1. The minimum atomic E-state index is -3.50. The topological polar surface area (TPSA) is 68.1 Å². The SMILES string of the molecule is O=S(=O)(c1ccc(CCl)cc1)N1CCn2cnnc2C1. The lowest BCUT2D eigenvalue weighted by Crippen LogP contribution is -2.38. The highest BCUT2D eigenvalue weighted by molar-refractivity contribution is 7.89. The second-order valence-electron chi connectivity index (χ2n) is 4.56. The van der Waals surface area contributed by atoms with Crippen LogP contribution in [0.1, 0.15) is 11.4 Å². The van der Waals surface area contributed by atoms with Gasteiger partial charge < -0.3 is 4.57 Å². The minimum Gasteiger partial charge on any atom is -0.315 e. The van der Waals surface area contributed by atoms with E-state index in [2.05, 4.69) is 10.2 Å². The molecule has 1 aromatic carbocycles. The molecule has 0 aliphatic carbocycles.